The van der Waals surface area contributed by atoms with E-state index in [2.05, 4.69) is 0 Å². The zero-order valence-electron chi connectivity index (χ0n) is 8.36. The Bertz CT molecular complexity index is 466. The quantitative estimate of drug-likeness (QED) is 0.905. The summed E-state index contributed by atoms with van der Waals surface area (Å²) in [4.78, 5) is 0. The Balaban J connectivity index is 2.15. The van der Waals surface area contributed by atoms with Crippen LogP contribution in [0.3, 0.4) is 0 Å². The predicted octanol–water partition coefficient (Wildman–Crippen LogP) is 3.86. The number of hydrogen-bond donors (Lipinski definition) is 1. The molecule has 2 rings (SSSR count). The van der Waals surface area contributed by atoms with Crippen LogP contribution in [0.25, 0.3) is 0 Å². The molecule has 1 N–H and O–H groups in total. The first-order valence-electron chi connectivity index (χ1n) is 4.81. The van der Waals surface area contributed by atoms with Gasteiger partial charge in [-0.3, -0.25) is 0 Å². The fourth-order valence-electron chi connectivity index (χ4n) is 1.48. The van der Waals surface area contributed by atoms with Crippen LogP contribution in [0.5, 0.6) is 0 Å². The Morgan fingerprint density at radius 2 is 2.06 bits per heavy atom. The number of aliphatic hydroxyl groups excluding tert-OH is 1. The molecular formula is C12H10Cl2O2. The molecule has 0 aliphatic heterocycles. The second kappa shape index (κ2) is 4.91. The molecule has 1 aromatic heterocycles. The van der Waals surface area contributed by atoms with Crippen molar-refractivity contribution in [2.45, 2.75) is 12.5 Å². The van der Waals surface area contributed by atoms with Crippen LogP contribution in [0.2, 0.25) is 10.0 Å². The van der Waals surface area contributed by atoms with Gasteiger partial charge in [-0.25, -0.2) is 0 Å². The lowest BCUT2D eigenvalue weighted by Crippen LogP contribution is -2.00. The molecule has 0 aliphatic rings. The lowest BCUT2D eigenvalue weighted by Gasteiger charge is -2.09. The molecule has 2 aromatic rings. The Hall–Kier alpha value is -0.960. The molecule has 2 nitrogen and oxygen atoms in total. The van der Waals surface area contributed by atoms with Crippen LogP contribution in [0.1, 0.15) is 17.2 Å². The van der Waals surface area contributed by atoms with Crippen LogP contribution >= 0.6 is 23.2 Å². The first kappa shape index (κ1) is 11.5. The van der Waals surface area contributed by atoms with Gasteiger partial charge in [0.15, 0.2) is 0 Å². The average Bonchev–Trinajstić information content (AvgIpc) is 2.75. The van der Waals surface area contributed by atoms with Gasteiger partial charge in [-0.15, -0.1) is 0 Å². The molecule has 0 radical (unpaired) electrons. The highest BCUT2D eigenvalue weighted by Gasteiger charge is 2.12. The van der Waals surface area contributed by atoms with Crippen molar-refractivity contribution in [3.63, 3.8) is 0 Å². The first-order valence-corrected chi connectivity index (χ1v) is 5.56. The number of hydrogen-bond acceptors (Lipinski definition) is 2. The fourth-order valence-corrected chi connectivity index (χ4v) is 1.96. The van der Waals surface area contributed by atoms with Crippen molar-refractivity contribution >= 4 is 23.2 Å². The Kier molecular flexibility index (Phi) is 3.54. The van der Waals surface area contributed by atoms with Gasteiger partial charge in [-0.05, 0) is 23.8 Å². The van der Waals surface area contributed by atoms with E-state index < -0.39 is 6.10 Å². The highest BCUT2D eigenvalue weighted by atomic mass is 35.5. The highest BCUT2D eigenvalue weighted by molar-refractivity contribution is 6.35. The van der Waals surface area contributed by atoms with Gasteiger partial charge < -0.3 is 9.52 Å². The minimum absolute atomic E-state index is 0.440. The van der Waals surface area contributed by atoms with Gasteiger partial charge in [0.05, 0.1) is 18.6 Å². The molecule has 1 heterocycles. The van der Waals surface area contributed by atoms with Crippen LogP contribution in [0, 0.1) is 0 Å². The number of furan rings is 1. The fraction of sp³-hybridized carbons (Fsp3) is 0.167. The standard InChI is InChI=1S/C12H10Cl2O2/c13-10-2-1-8(11(14)6-10)5-12(15)9-3-4-16-7-9/h1-4,6-7,12,15H,5H2. The third kappa shape index (κ3) is 2.59. The summed E-state index contributed by atoms with van der Waals surface area (Å²) in [6.45, 7) is 0. The molecule has 1 aromatic carbocycles. The Labute approximate surface area is 103 Å². The summed E-state index contributed by atoms with van der Waals surface area (Å²) in [5, 5.41) is 11.1. The first-order chi connectivity index (χ1) is 7.66. The van der Waals surface area contributed by atoms with E-state index in [1.54, 1.807) is 18.2 Å². The lowest BCUT2D eigenvalue weighted by molar-refractivity contribution is 0.177. The molecule has 0 spiro atoms. The van der Waals surface area contributed by atoms with E-state index in [0.29, 0.717) is 16.5 Å². The van der Waals surface area contributed by atoms with E-state index >= 15 is 0 Å². The second-order valence-corrected chi connectivity index (χ2v) is 4.36. The van der Waals surface area contributed by atoms with Gasteiger partial charge >= 0.3 is 0 Å². The van der Waals surface area contributed by atoms with Crippen molar-refractivity contribution in [3.05, 3.63) is 58.0 Å². The largest absolute Gasteiger partial charge is 0.472 e. The second-order valence-electron chi connectivity index (χ2n) is 3.51. The van der Waals surface area contributed by atoms with Crippen molar-refractivity contribution in [2.24, 2.45) is 0 Å². The van der Waals surface area contributed by atoms with E-state index in [4.69, 9.17) is 27.6 Å². The van der Waals surface area contributed by atoms with E-state index in [1.165, 1.54) is 12.5 Å². The van der Waals surface area contributed by atoms with Gasteiger partial charge in [0.1, 0.15) is 0 Å². The zero-order chi connectivity index (χ0) is 11.5. The van der Waals surface area contributed by atoms with Crippen molar-refractivity contribution in [1.82, 2.24) is 0 Å². The highest BCUT2D eigenvalue weighted by Crippen LogP contribution is 2.26. The van der Waals surface area contributed by atoms with Gasteiger partial charge in [0.25, 0.3) is 0 Å². The van der Waals surface area contributed by atoms with E-state index in [9.17, 15) is 5.11 Å². The molecule has 0 saturated carbocycles. The van der Waals surface area contributed by atoms with Crippen LogP contribution in [-0.4, -0.2) is 5.11 Å². The molecule has 84 valence electrons. The molecule has 0 aliphatic carbocycles. The van der Waals surface area contributed by atoms with Gasteiger partial charge in [0.2, 0.25) is 0 Å². The number of benzene rings is 1. The zero-order valence-corrected chi connectivity index (χ0v) is 9.87. The monoisotopic (exact) mass is 256 g/mol. The van der Waals surface area contributed by atoms with Crippen LogP contribution < -0.4 is 0 Å². The van der Waals surface area contributed by atoms with E-state index in [1.807, 2.05) is 6.07 Å². The van der Waals surface area contributed by atoms with E-state index in [-0.39, 0.29) is 0 Å². The average molecular weight is 257 g/mol. The summed E-state index contributed by atoms with van der Waals surface area (Å²) in [6.07, 6.45) is 2.88. The molecule has 16 heavy (non-hydrogen) atoms. The predicted molar refractivity (Wildman–Crippen MR) is 63.8 cm³/mol. The van der Waals surface area contributed by atoms with Crippen molar-refractivity contribution in [1.29, 1.82) is 0 Å². The molecule has 0 bridgehead atoms. The maximum absolute atomic E-state index is 9.90. The van der Waals surface area contributed by atoms with Crippen LogP contribution in [0.4, 0.5) is 0 Å². The normalized spacial score (nSPS) is 12.7. The maximum Gasteiger partial charge on any atom is 0.0960 e. The SMILES string of the molecule is OC(Cc1ccc(Cl)cc1Cl)c1ccoc1. The molecule has 4 heteroatoms. The molecule has 0 amide bonds. The smallest absolute Gasteiger partial charge is 0.0960 e. The summed E-state index contributed by atoms with van der Waals surface area (Å²) < 4.78 is 4.91. The minimum atomic E-state index is -0.613. The third-order valence-electron chi connectivity index (χ3n) is 2.36. The topological polar surface area (TPSA) is 33.4 Å². The molecule has 1 atom stereocenters. The summed E-state index contributed by atoms with van der Waals surface area (Å²) in [7, 11) is 0. The van der Waals surface area contributed by atoms with Crippen LogP contribution in [-0.2, 0) is 6.42 Å². The number of aliphatic hydroxyl groups is 1. The Morgan fingerprint density at radius 1 is 1.25 bits per heavy atom. The maximum atomic E-state index is 9.90. The van der Waals surface area contributed by atoms with Crippen LogP contribution in [0.15, 0.2) is 41.2 Å². The van der Waals surface area contributed by atoms with Gasteiger partial charge in [-0.1, -0.05) is 29.3 Å². The summed E-state index contributed by atoms with van der Waals surface area (Å²) in [5.41, 5.74) is 1.60. The summed E-state index contributed by atoms with van der Waals surface area (Å²) in [6, 6.07) is 6.97. The van der Waals surface area contributed by atoms with E-state index in [0.717, 1.165) is 11.1 Å². The Morgan fingerprint density at radius 3 is 2.69 bits per heavy atom. The summed E-state index contributed by atoms with van der Waals surface area (Å²) >= 11 is 11.8. The number of halogens is 2. The molecule has 1 unspecified atom stereocenters. The van der Waals surface area contributed by atoms with Crippen molar-refractivity contribution < 1.29 is 9.52 Å². The summed E-state index contributed by atoms with van der Waals surface area (Å²) in [5.74, 6) is 0. The van der Waals surface area contributed by atoms with Gasteiger partial charge in [-0.2, -0.15) is 0 Å². The lowest BCUT2D eigenvalue weighted by atomic mass is 10.0. The molecular weight excluding hydrogens is 247 g/mol. The minimum Gasteiger partial charge on any atom is -0.472 e. The van der Waals surface area contributed by atoms with Gasteiger partial charge in [0, 0.05) is 22.0 Å². The van der Waals surface area contributed by atoms with Crippen molar-refractivity contribution in [2.75, 3.05) is 0 Å². The molecule has 0 fully saturated rings. The van der Waals surface area contributed by atoms with Crippen molar-refractivity contribution in [3.8, 4) is 0 Å². The number of rotatable bonds is 3. The third-order valence-corrected chi connectivity index (χ3v) is 2.94. The molecule has 0 saturated heterocycles.